The molecule has 0 amide bonds. The van der Waals surface area contributed by atoms with Crippen LogP contribution in [0.3, 0.4) is 0 Å². The van der Waals surface area contributed by atoms with E-state index in [0.717, 1.165) is 41.1 Å². The molecule has 1 aromatic carbocycles. The highest BCUT2D eigenvalue weighted by atomic mass is 32.2. The maximum Gasteiger partial charge on any atom is 0.115 e. The van der Waals surface area contributed by atoms with Gasteiger partial charge in [0.2, 0.25) is 0 Å². The number of aromatic nitrogens is 1. The first-order valence-corrected chi connectivity index (χ1v) is 8.34. The number of fused-ring (bicyclic) bond motifs is 1. The minimum Gasteiger partial charge on any atom is -0.245 e. The largest absolute Gasteiger partial charge is 0.245 e. The number of nitrogens with zero attached hydrogens (tertiary/aromatic N) is 3. The molecule has 22 heavy (non-hydrogen) atoms. The third-order valence-electron chi connectivity index (χ3n) is 3.82. The molecule has 0 radical (unpaired) electrons. The van der Waals surface area contributed by atoms with Gasteiger partial charge in [-0.1, -0.05) is 30.3 Å². The fourth-order valence-corrected chi connectivity index (χ4v) is 3.74. The van der Waals surface area contributed by atoms with E-state index in [0.29, 0.717) is 17.7 Å². The fraction of sp³-hybridized carbons (Fsp3) is 0.278. The van der Waals surface area contributed by atoms with Gasteiger partial charge >= 0.3 is 0 Å². The van der Waals surface area contributed by atoms with Gasteiger partial charge in [0.25, 0.3) is 0 Å². The second-order valence-electron chi connectivity index (χ2n) is 5.18. The Morgan fingerprint density at radius 1 is 1.14 bits per heavy atom. The fourth-order valence-electron chi connectivity index (χ4n) is 2.88. The molecular formula is C18H15N3S. The second-order valence-corrected chi connectivity index (χ2v) is 6.26. The average Bonchev–Trinajstić information content (AvgIpc) is 3.02. The van der Waals surface area contributed by atoms with Crippen LogP contribution in [0.5, 0.6) is 0 Å². The van der Waals surface area contributed by atoms with E-state index in [2.05, 4.69) is 24.3 Å². The monoisotopic (exact) mass is 305 g/mol. The zero-order chi connectivity index (χ0) is 15.4. The van der Waals surface area contributed by atoms with Gasteiger partial charge in [0, 0.05) is 23.4 Å². The van der Waals surface area contributed by atoms with Crippen LogP contribution in [0.1, 0.15) is 29.7 Å². The van der Waals surface area contributed by atoms with Crippen LogP contribution in [0.2, 0.25) is 0 Å². The standard InChI is InChI=1S/C18H15N3S/c19-10-5-11-22-18-15(12-20)17(13-6-2-1-3-7-13)14-8-4-9-16(14)21-18/h1-3,6-7H,4-5,8-9,11H2. The summed E-state index contributed by atoms with van der Waals surface area (Å²) in [7, 11) is 0. The molecule has 0 atom stereocenters. The Kier molecular flexibility index (Phi) is 4.42. The van der Waals surface area contributed by atoms with Crippen molar-refractivity contribution in [1.82, 2.24) is 4.98 Å². The molecule has 0 saturated heterocycles. The first kappa shape index (κ1) is 14.6. The van der Waals surface area contributed by atoms with E-state index in [1.807, 2.05) is 18.2 Å². The molecule has 108 valence electrons. The zero-order valence-corrected chi connectivity index (χ0v) is 13.0. The topological polar surface area (TPSA) is 60.5 Å². The molecule has 0 N–H and O–H groups in total. The molecule has 0 spiro atoms. The number of pyridine rings is 1. The molecule has 0 fully saturated rings. The van der Waals surface area contributed by atoms with Crippen LogP contribution in [-0.4, -0.2) is 10.7 Å². The molecule has 1 aliphatic carbocycles. The summed E-state index contributed by atoms with van der Waals surface area (Å²) in [6, 6.07) is 14.6. The molecule has 4 heteroatoms. The number of benzene rings is 1. The average molecular weight is 305 g/mol. The van der Waals surface area contributed by atoms with Crippen molar-refractivity contribution < 1.29 is 0 Å². The molecule has 0 aliphatic heterocycles. The van der Waals surface area contributed by atoms with Crippen molar-refractivity contribution in [3.63, 3.8) is 0 Å². The van der Waals surface area contributed by atoms with E-state index in [9.17, 15) is 5.26 Å². The van der Waals surface area contributed by atoms with E-state index in [1.165, 1.54) is 17.3 Å². The van der Waals surface area contributed by atoms with Gasteiger partial charge in [0.15, 0.2) is 0 Å². The number of hydrogen-bond donors (Lipinski definition) is 0. The highest BCUT2D eigenvalue weighted by molar-refractivity contribution is 7.99. The molecule has 3 nitrogen and oxygen atoms in total. The van der Waals surface area contributed by atoms with Gasteiger partial charge in [0.05, 0.1) is 11.6 Å². The first-order chi connectivity index (χ1) is 10.8. The van der Waals surface area contributed by atoms with Gasteiger partial charge < -0.3 is 0 Å². The van der Waals surface area contributed by atoms with Crippen molar-refractivity contribution in [2.75, 3.05) is 5.75 Å². The van der Waals surface area contributed by atoms with Crippen LogP contribution in [0.15, 0.2) is 35.4 Å². The van der Waals surface area contributed by atoms with E-state index in [-0.39, 0.29) is 0 Å². The summed E-state index contributed by atoms with van der Waals surface area (Å²) in [4.78, 5) is 4.71. The Morgan fingerprint density at radius 3 is 2.68 bits per heavy atom. The van der Waals surface area contributed by atoms with Gasteiger partial charge in [-0.2, -0.15) is 10.5 Å². The Hall–Kier alpha value is -2.30. The summed E-state index contributed by atoms with van der Waals surface area (Å²) in [6.45, 7) is 0. The van der Waals surface area contributed by atoms with Gasteiger partial charge in [-0.05, 0) is 30.4 Å². The van der Waals surface area contributed by atoms with E-state index in [1.54, 1.807) is 0 Å². The highest BCUT2D eigenvalue weighted by Gasteiger charge is 2.23. The van der Waals surface area contributed by atoms with Crippen LogP contribution >= 0.6 is 11.8 Å². The Labute approximate surface area is 134 Å². The lowest BCUT2D eigenvalue weighted by atomic mass is 9.95. The van der Waals surface area contributed by atoms with Crippen LogP contribution in [0, 0.1) is 22.7 Å². The van der Waals surface area contributed by atoms with E-state index < -0.39 is 0 Å². The summed E-state index contributed by atoms with van der Waals surface area (Å²) in [5.74, 6) is 0.672. The van der Waals surface area contributed by atoms with Crippen LogP contribution in [0.25, 0.3) is 11.1 Å². The predicted octanol–water partition coefficient (Wildman–Crippen LogP) is 4.11. The van der Waals surface area contributed by atoms with Crippen molar-refractivity contribution in [2.45, 2.75) is 30.7 Å². The molecule has 1 aromatic heterocycles. The third-order valence-corrected chi connectivity index (χ3v) is 4.79. The number of thioether (sulfide) groups is 1. The molecule has 3 rings (SSSR count). The Morgan fingerprint density at radius 2 is 1.95 bits per heavy atom. The van der Waals surface area contributed by atoms with Gasteiger partial charge in [0.1, 0.15) is 11.1 Å². The molecule has 0 bridgehead atoms. The lowest BCUT2D eigenvalue weighted by molar-refractivity contribution is 0.891. The van der Waals surface area contributed by atoms with Gasteiger partial charge in [-0.3, -0.25) is 0 Å². The summed E-state index contributed by atoms with van der Waals surface area (Å²) in [5, 5.41) is 19.2. The van der Waals surface area contributed by atoms with Crippen LogP contribution < -0.4 is 0 Å². The minimum absolute atomic E-state index is 0.467. The van der Waals surface area contributed by atoms with E-state index in [4.69, 9.17) is 10.2 Å². The lowest BCUT2D eigenvalue weighted by Crippen LogP contribution is -2.01. The molecule has 2 aromatic rings. The Balaban J connectivity index is 2.15. The Bertz CT molecular complexity index is 770. The van der Waals surface area contributed by atoms with Crippen LogP contribution in [0.4, 0.5) is 0 Å². The number of rotatable bonds is 4. The van der Waals surface area contributed by atoms with Crippen LogP contribution in [-0.2, 0) is 12.8 Å². The zero-order valence-electron chi connectivity index (χ0n) is 12.2. The summed E-state index contributed by atoms with van der Waals surface area (Å²) in [5.41, 5.74) is 5.14. The van der Waals surface area contributed by atoms with E-state index >= 15 is 0 Å². The number of aryl methyl sites for hydroxylation is 1. The molecule has 0 unspecified atom stereocenters. The maximum atomic E-state index is 9.68. The number of nitriles is 2. The quantitative estimate of drug-likeness (QED) is 0.630. The smallest absolute Gasteiger partial charge is 0.115 e. The SMILES string of the molecule is N#CCCSc1nc2c(c(-c3ccccc3)c1C#N)CCC2. The lowest BCUT2D eigenvalue weighted by Gasteiger charge is -2.14. The summed E-state index contributed by atoms with van der Waals surface area (Å²) < 4.78 is 0. The van der Waals surface area contributed by atoms with Crippen molar-refractivity contribution in [1.29, 1.82) is 10.5 Å². The second kappa shape index (κ2) is 6.64. The third kappa shape index (κ3) is 2.71. The predicted molar refractivity (Wildman–Crippen MR) is 87.4 cm³/mol. The normalized spacial score (nSPS) is 12.5. The maximum absolute atomic E-state index is 9.68. The van der Waals surface area contributed by atoms with Gasteiger partial charge in [-0.25, -0.2) is 4.98 Å². The van der Waals surface area contributed by atoms with Crippen molar-refractivity contribution in [3.05, 3.63) is 47.2 Å². The summed E-state index contributed by atoms with van der Waals surface area (Å²) >= 11 is 1.51. The first-order valence-electron chi connectivity index (χ1n) is 7.36. The molecule has 1 heterocycles. The van der Waals surface area contributed by atoms with Crippen molar-refractivity contribution >= 4 is 11.8 Å². The molecule has 0 saturated carbocycles. The minimum atomic E-state index is 0.467. The summed E-state index contributed by atoms with van der Waals surface area (Å²) in [6.07, 6.45) is 3.53. The van der Waals surface area contributed by atoms with Crippen molar-refractivity contribution in [2.24, 2.45) is 0 Å². The highest BCUT2D eigenvalue weighted by Crippen LogP contribution is 2.38. The molecular weight excluding hydrogens is 290 g/mol. The van der Waals surface area contributed by atoms with Crippen molar-refractivity contribution in [3.8, 4) is 23.3 Å². The number of hydrogen-bond acceptors (Lipinski definition) is 4. The molecule has 1 aliphatic rings. The van der Waals surface area contributed by atoms with Gasteiger partial charge in [-0.15, -0.1) is 11.8 Å².